The van der Waals surface area contributed by atoms with Crippen molar-refractivity contribution in [2.24, 2.45) is 5.92 Å². The largest absolute Gasteiger partial charge is 0.355 e. The first kappa shape index (κ1) is 19.1. The molecule has 0 atom stereocenters. The maximum atomic E-state index is 12.9. The van der Waals surface area contributed by atoms with Crippen molar-refractivity contribution in [3.05, 3.63) is 77.0 Å². The third-order valence-corrected chi connectivity index (χ3v) is 5.59. The molecule has 1 aliphatic rings. The molecule has 148 valence electrons. The number of amides is 1. The van der Waals surface area contributed by atoms with Crippen LogP contribution in [-0.4, -0.2) is 34.8 Å². The van der Waals surface area contributed by atoms with Crippen LogP contribution in [0, 0.1) is 19.8 Å². The van der Waals surface area contributed by atoms with Crippen molar-refractivity contribution in [3.8, 4) is 11.3 Å². The van der Waals surface area contributed by atoms with Crippen LogP contribution in [0.25, 0.3) is 11.3 Å². The van der Waals surface area contributed by atoms with E-state index in [1.54, 1.807) is 11.0 Å². The topological polar surface area (TPSA) is 63.4 Å². The first-order valence-electron chi connectivity index (χ1n) is 9.96. The van der Waals surface area contributed by atoms with Crippen molar-refractivity contribution in [2.45, 2.75) is 26.7 Å². The summed E-state index contributed by atoms with van der Waals surface area (Å²) in [5.74, 6) is 0.572. The number of carbonyl (C=O) groups excluding carboxylic acids is 2. The maximum Gasteiger partial charge on any atom is 0.276 e. The highest BCUT2D eigenvalue weighted by atomic mass is 16.5. The molecule has 0 N–H and O–H groups in total. The average Bonchev–Trinajstić information content (AvgIpc) is 3.24. The molecule has 1 aliphatic heterocycles. The van der Waals surface area contributed by atoms with E-state index < -0.39 is 0 Å². The molecule has 0 radical (unpaired) electrons. The van der Waals surface area contributed by atoms with Crippen LogP contribution in [-0.2, 0) is 0 Å². The summed E-state index contributed by atoms with van der Waals surface area (Å²) < 4.78 is 5.35. The molecule has 2 heterocycles. The van der Waals surface area contributed by atoms with Crippen LogP contribution in [0.1, 0.15) is 44.8 Å². The number of piperidine rings is 1. The molecule has 0 spiro atoms. The minimum Gasteiger partial charge on any atom is -0.355 e. The number of ketones is 1. The minimum atomic E-state index is -0.145. The van der Waals surface area contributed by atoms with Crippen LogP contribution in [0.4, 0.5) is 0 Å². The molecule has 1 fully saturated rings. The van der Waals surface area contributed by atoms with E-state index in [2.05, 4.69) is 5.16 Å². The molecular weight excluding hydrogens is 364 g/mol. The van der Waals surface area contributed by atoms with Crippen LogP contribution in [0.2, 0.25) is 0 Å². The third kappa shape index (κ3) is 3.99. The Labute approximate surface area is 170 Å². The monoisotopic (exact) mass is 388 g/mol. The van der Waals surface area contributed by atoms with E-state index >= 15 is 0 Å². The first-order chi connectivity index (χ1) is 14.0. The zero-order chi connectivity index (χ0) is 20.4. The van der Waals surface area contributed by atoms with E-state index in [1.807, 2.05) is 62.4 Å². The minimum absolute atomic E-state index is 0.0438. The van der Waals surface area contributed by atoms with E-state index in [9.17, 15) is 9.59 Å². The fraction of sp³-hybridized carbons (Fsp3) is 0.292. The number of aromatic nitrogens is 1. The summed E-state index contributed by atoms with van der Waals surface area (Å²) in [6.07, 6.45) is 1.34. The second kappa shape index (κ2) is 8.03. The summed E-state index contributed by atoms with van der Waals surface area (Å²) in [5, 5.41) is 3.96. The van der Waals surface area contributed by atoms with E-state index in [1.165, 1.54) is 0 Å². The van der Waals surface area contributed by atoms with Gasteiger partial charge in [-0.25, -0.2) is 0 Å². The molecule has 5 heteroatoms. The Balaban J connectivity index is 1.40. The molecule has 3 aromatic rings. The standard InChI is InChI=1S/C24H24N2O3/c1-16-8-9-20(17(2)14-16)23(27)19-10-12-26(13-11-19)24(28)21-15-22(29-25-21)18-6-4-3-5-7-18/h3-9,14-15,19H,10-13H2,1-2H3. The van der Waals surface area contributed by atoms with Gasteiger partial charge in [-0.1, -0.05) is 59.3 Å². The van der Waals surface area contributed by atoms with Gasteiger partial charge in [0.2, 0.25) is 0 Å². The predicted molar refractivity (Wildman–Crippen MR) is 111 cm³/mol. The van der Waals surface area contributed by atoms with Crippen molar-refractivity contribution in [1.82, 2.24) is 10.1 Å². The van der Waals surface area contributed by atoms with E-state index in [0.29, 0.717) is 37.4 Å². The molecule has 1 saturated heterocycles. The summed E-state index contributed by atoms with van der Waals surface area (Å²) in [5.41, 5.74) is 4.16. The van der Waals surface area contributed by atoms with E-state index in [-0.39, 0.29) is 17.6 Å². The summed E-state index contributed by atoms with van der Waals surface area (Å²) >= 11 is 0. The SMILES string of the molecule is Cc1ccc(C(=O)C2CCN(C(=O)c3cc(-c4ccccc4)on3)CC2)c(C)c1. The van der Waals surface area contributed by atoms with Crippen molar-refractivity contribution in [1.29, 1.82) is 0 Å². The molecule has 4 rings (SSSR count). The lowest BCUT2D eigenvalue weighted by Gasteiger charge is -2.31. The fourth-order valence-corrected chi connectivity index (χ4v) is 3.93. The lowest BCUT2D eigenvalue weighted by atomic mass is 9.87. The highest BCUT2D eigenvalue weighted by Gasteiger charge is 2.30. The van der Waals surface area contributed by atoms with Crippen molar-refractivity contribution in [2.75, 3.05) is 13.1 Å². The summed E-state index contributed by atoms with van der Waals surface area (Å²) in [7, 11) is 0. The Kier molecular flexibility index (Phi) is 5.30. The lowest BCUT2D eigenvalue weighted by molar-refractivity contribution is 0.0642. The van der Waals surface area contributed by atoms with Crippen LogP contribution < -0.4 is 0 Å². The first-order valence-corrected chi connectivity index (χ1v) is 9.96. The van der Waals surface area contributed by atoms with Gasteiger partial charge in [0.1, 0.15) is 0 Å². The Morgan fingerprint density at radius 2 is 1.72 bits per heavy atom. The Morgan fingerprint density at radius 3 is 2.41 bits per heavy atom. The van der Waals surface area contributed by atoms with Gasteiger partial charge < -0.3 is 9.42 Å². The Hall–Kier alpha value is -3.21. The van der Waals surface area contributed by atoms with E-state index in [0.717, 1.165) is 22.3 Å². The highest BCUT2D eigenvalue weighted by Crippen LogP contribution is 2.26. The highest BCUT2D eigenvalue weighted by molar-refractivity contribution is 5.99. The Bertz CT molecular complexity index is 1030. The number of benzene rings is 2. The number of carbonyl (C=O) groups is 2. The molecule has 0 unspecified atom stereocenters. The number of Topliss-reactive ketones (excluding diaryl/α,β-unsaturated/α-hetero) is 1. The van der Waals surface area contributed by atoms with Gasteiger partial charge in [-0.3, -0.25) is 9.59 Å². The quantitative estimate of drug-likeness (QED) is 0.608. The lowest BCUT2D eigenvalue weighted by Crippen LogP contribution is -2.40. The average molecular weight is 388 g/mol. The van der Waals surface area contributed by atoms with Gasteiger partial charge in [0.05, 0.1) is 0 Å². The maximum absolute atomic E-state index is 12.9. The van der Waals surface area contributed by atoms with Gasteiger partial charge in [-0.15, -0.1) is 0 Å². The molecule has 29 heavy (non-hydrogen) atoms. The molecule has 2 aromatic carbocycles. The van der Waals surface area contributed by atoms with Gasteiger partial charge in [0.25, 0.3) is 5.91 Å². The van der Waals surface area contributed by atoms with Gasteiger partial charge in [-0.2, -0.15) is 0 Å². The van der Waals surface area contributed by atoms with Crippen LogP contribution in [0.15, 0.2) is 59.1 Å². The number of hydrogen-bond acceptors (Lipinski definition) is 4. The van der Waals surface area contributed by atoms with Crippen LogP contribution in [0.3, 0.4) is 0 Å². The van der Waals surface area contributed by atoms with Crippen molar-refractivity contribution < 1.29 is 14.1 Å². The van der Waals surface area contributed by atoms with Gasteiger partial charge >= 0.3 is 0 Å². The second-order valence-electron chi connectivity index (χ2n) is 7.69. The smallest absolute Gasteiger partial charge is 0.276 e. The van der Waals surface area contributed by atoms with Gasteiger partial charge in [0.15, 0.2) is 17.2 Å². The number of hydrogen-bond donors (Lipinski definition) is 0. The van der Waals surface area contributed by atoms with Crippen molar-refractivity contribution >= 4 is 11.7 Å². The molecule has 1 aromatic heterocycles. The molecule has 5 nitrogen and oxygen atoms in total. The molecular formula is C24H24N2O3. The number of likely N-dealkylation sites (tertiary alicyclic amines) is 1. The number of aryl methyl sites for hydroxylation is 2. The second-order valence-corrected chi connectivity index (χ2v) is 7.69. The van der Waals surface area contributed by atoms with Crippen LogP contribution >= 0.6 is 0 Å². The predicted octanol–water partition coefficient (Wildman–Crippen LogP) is 4.69. The van der Waals surface area contributed by atoms with E-state index in [4.69, 9.17) is 4.52 Å². The normalized spacial score (nSPS) is 14.8. The van der Waals surface area contributed by atoms with Crippen molar-refractivity contribution in [3.63, 3.8) is 0 Å². The number of nitrogens with zero attached hydrogens (tertiary/aromatic N) is 2. The summed E-state index contributed by atoms with van der Waals surface area (Å²) in [6.45, 7) is 5.10. The zero-order valence-electron chi connectivity index (χ0n) is 16.7. The van der Waals surface area contributed by atoms with Crippen LogP contribution in [0.5, 0.6) is 0 Å². The van der Waals surface area contributed by atoms with Gasteiger partial charge in [-0.05, 0) is 32.3 Å². The molecule has 0 saturated carbocycles. The number of rotatable bonds is 4. The van der Waals surface area contributed by atoms with Gasteiger partial charge in [0, 0.05) is 36.2 Å². The summed E-state index contributed by atoms with van der Waals surface area (Å²) in [6, 6.07) is 17.2. The summed E-state index contributed by atoms with van der Waals surface area (Å²) in [4.78, 5) is 27.5. The molecule has 0 bridgehead atoms. The fourth-order valence-electron chi connectivity index (χ4n) is 3.93. The Morgan fingerprint density at radius 1 is 1.00 bits per heavy atom. The third-order valence-electron chi connectivity index (χ3n) is 5.59. The molecule has 0 aliphatic carbocycles. The zero-order valence-corrected chi connectivity index (χ0v) is 16.7. The molecule has 1 amide bonds.